The summed E-state index contributed by atoms with van der Waals surface area (Å²) >= 11 is 0. The lowest BCUT2D eigenvalue weighted by Gasteiger charge is -2.32. The van der Waals surface area contributed by atoms with E-state index in [1.54, 1.807) is 43.6 Å². The van der Waals surface area contributed by atoms with Crippen LogP contribution in [0.15, 0.2) is 61.1 Å². The molecule has 2 aliphatic rings. The highest BCUT2D eigenvalue weighted by Crippen LogP contribution is 2.53. The number of anilines is 2. The summed E-state index contributed by atoms with van der Waals surface area (Å²) in [5, 5.41) is 2.79. The van der Waals surface area contributed by atoms with E-state index in [-0.39, 0.29) is 17.9 Å². The van der Waals surface area contributed by atoms with Crippen molar-refractivity contribution in [3.8, 4) is 23.1 Å². The number of nitrogen functional groups attached to an aromatic ring is 1. The number of carbonyl (C=O) groups is 2. The molecule has 0 spiro atoms. The second-order valence-electron chi connectivity index (χ2n) is 9.37. The van der Waals surface area contributed by atoms with Crippen LogP contribution in [0.3, 0.4) is 0 Å². The first-order chi connectivity index (χ1) is 18.0. The van der Waals surface area contributed by atoms with Crippen LogP contribution in [0.1, 0.15) is 48.8 Å². The number of carbonyl (C=O) groups excluding carboxylic acids is 2. The van der Waals surface area contributed by atoms with Gasteiger partial charge in [-0.3, -0.25) is 14.0 Å². The smallest absolute Gasteiger partial charge is 0.299 e. The predicted molar refractivity (Wildman–Crippen MR) is 139 cm³/mol. The van der Waals surface area contributed by atoms with Crippen LogP contribution in [-0.4, -0.2) is 42.1 Å². The highest BCUT2D eigenvalue weighted by Gasteiger charge is 2.57. The molecule has 6 rings (SSSR count). The first kappa shape index (κ1) is 22.7. The van der Waals surface area contributed by atoms with Crippen LogP contribution in [0.5, 0.6) is 0 Å². The van der Waals surface area contributed by atoms with Crippen LogP contribution in [0, 0.1) is 11.8 Å². The number of hydrogen-bond acceptors (Lipinski definition) is 6. The van der Waals surface area contributed by atoms with Crippen molar-refractivity contribution in [2.24, 2.45) is 0 Å². The number of hydrogen-bond donors (Lipinski definition) is 2. The van der Waals surface area contributed by atoms with Crippen LogP contribution in [0.25, 0.3) is 16.8 Å². The summed E-state index contributed by atoms with van der Waals surface area (Å²) in [6.07, 6.45) is 8.60. The van der Waals surface area contributed by atoms with E-state index in [2.05, 4.69) is 27.1 Å². The first-order valence-corrected chi connectivity index (χ1v) is 12.2. The van der Waals surface area contributed by atoms with Gasteiger partial charge in [-0.1, -0.05) is 24.1 Å². The summed E-state index contributed by atoms with van der Waals surface area (Å²) in [7, 11) is 0. The van der Waals surface area contributed by atoms with Crippen LogP contribution in [0.2, 0.25) is 0 Å². The molecule has 2 fully saturated rings. The number of imidazole rings is 1. The Morgan fingerprint density at radius 3 is 2.57 bits per heavy atom. The van der Waals surface area contributed by atoms with Gasteiger partial charge in [0.2, 0.25) is 0 Å². The molecule has 3 aromatic heterocycles. The van der Waals surface area contributed by atoms with Gasteiger partial charge in [0, 0.05) is 35.8 Å². The largest absolute Gasteiger partial charge is 0.382 e. The van der Waals surface area contributed by atoms with Crippen LogP contribution in [-0.2, 0) is 10.3 Å². The summed E-state index contributed by atoms with van der Waals surface area (Å²) in [6.45, 7) is 1.68. The van der Waals surface area contributed by atoms with Crippen molar-refractivity contribution in [1.82, 2.24) is 24.3 Å². The zero-order valence-electron chi connectivity index (χ0n) is 20.3. The van der Waals surface area contributed by atoms with Gasteiger partial charge < -0.3 is 16.0 Å². The Morgan fingerprint density at radius 2 is 1.86 bits per heavy atom. The molecule has 2 amide bonds. The minimum absolute atomic E-state index is 0.161. The van der Waals surface area contributed by atoms with E-state index in [1.165, 1.54) is 0 Å². The molecule has 0 atom stereocenters. The molecule has 1 aromatic carbocycles. The Kier molecular flexibility index (Phi) is 5.37. The number of nitrogens with two attached hydrogens (primary N) is 1. The number of nitrogens with one attached hydrogen (secondary N) is 1. The van der Waals surface area contributed by atoms with Crippen molar-refractivity contribution >= 4 is 29.0 Å². The molecule has 9 nitrogen and oxygen atoms in total. The van der Waals surface area contributed by atoms with Crippen molar-refractivity contribution in [2.45, 2.75) is 44.2 Å². The van der Waals surface area contributed by atoms with Crippen molar-refractivity contribution in [3.05, 3.63) is 72.4 Å². The molecule has 0 saturated carbocycles. The van der Waals surface area contributed by atoms with Crippen molar-refractivity contribution in [1.29, 1.82) is 0 Å². The van der Waals surface area contributed by atoms with Gasteiger partial charge in [-0.05, 0) is 62.8 Å². The lowest BCUT2D eigenvalue weighted by Crippen LogP contribution is -2.43. The quantitative estimate of drug-likeness (QED) is 0.421. The van der Waals surface area contributed by atoms with Crippen LogP contribution >= 0.6 is 0 Å². The standard InChI is InChI=1S/C28H25N7O2/c1-2-5-22(36)35-20-11-13-28(35,14-12-20)27-33-23(24-25(29)31-16-17-34(24)27)18-7-9-19(10-8-18)26(37)32-21-6-3-4-15-30-21/h3-4,6-10,15-17,20H,11-14H2,1H3,(H2,29,31)(H,30,32,37). The van der Waals surface area contributed by atoms with E-state index in [9.17, 15) is 9.59 Å². The average Bonchev–Trinajstić information content (AvgIpc) is 3.60. The molecule has 9 heteroatoms. The highest BCUT2D eigenvalue weighted by atomic mass is 16.2. The fraction of sp³-hybridized carbons (Fsp3) is 0.250. The van der Waals surface area contributed by atoms with E-state index in [1.807, 2.05) is 33.7 Å². The normalized spacial score (nSPS) is 20.0. The average molecular weight is 492 g/mol. The van der Waals surface area contributed by atoms with Gasteiger partial charge >= 0.3 is 0 Å². The van der Waals surface area contributed by atoms with Gasteiger partial charge in [0.25, 0.3) is 11.8 Å². The molecule has 0 aliphatic carbocycles. The number of rotatable bonds is 4. The maximum absolute atomic E-state index is 13.0. The Morgan fingerprint density at radius 1 is 1.08 bits per heavy atom. The fourth-order valence-electron chi connectivity index (χ4n) is 5.79. The number of pyridine rings is 1. The molecule has 184 valence electrons. The van der Waals surface area contributed by atoms with E-state index in [0.29, 0.717) is 28.4 Å². The Hall–Kier alpha value is -4.71. The number of fused-ring (bicyclic) bond motifs is 3. The second kappa shape index (κ2) is 8.75. The molecule has 5 heterocycles. The van der Waals surface area contributed by atoms with Crippen molar-refractivity contribution in [2.75, 3.05) is 11.1 Å². The maximum atomic E-state index is 13.0. The zero-order valence-corrected chi connectivity index (χ0v) is 20.3. The van der Waals surface area contributed by atoms with Gasteiger partial charge in [-0.25, -0.2) is 15.0 Å². The molecule has 37 heavy (non-hydrogen) atoms. The van der Waals surface area contributed by atoms with Gasteiger partial charge in [0.15, 0.2) is 0 Å². The minimum atomic E-state index is -0.539. The number of benzene rings is 1. The predicted octanol–water partition coefficient (Wildman–Crippen LogP) is 3.63. The lowest BCUT2D eigenvalue weighted by molar-refractivity contribution is -0.129. The number of nitrogens with zero attached hydrogens (tertiary/aromatic N) is 5. The van der Waals surface area contributed by atoms with Crippen LogP contribution in [0.4, 0.5) is 11.6 Å². The van der Waals surface area contributed by atoms with E-state index < -0.39 is 5.54 Å². The number of amides is 2. The molecule has 3 N–H and O–H groups in total. The fourth-order valence-corrected chi connectivity index (χ4v) is 5.79. The molecule has 4 aromatic rings. The summed E-state index contributed by atoms with van der Waals surface area (Å²) in [6, 6.07) is 12.7. The third kappa shape index (κ3) is 3.61. The van der Waals surface area contributed by atoms with Gasteiger partial charge in [0.1, 0.15) is 34.2 Å². The second-order valence-corrected chi connectivity index (χ2v) is 9.37. The Bertz CT molecular complexity index is 1570. The SMILES string of the molecule is CC#CC(=O)N1C2CCC1(c1nc(-c3ccc(C(=O)Nc4ccccn4)cc3)c3c(N)nccn13)CC2. The zero-order chi connectivity index (χ0) is 25.6. The Labute approximate surface area is 213 Å². The topological polar surface area (TPSA) is 119 Å². The van der Waals surface area contributed by atoms with E-state index in [0.717, 1.165) is 37.1 Å². The molecule has 0 radical (unpaired) electrons. The van der Waals surface area contributed by atoms with Gasteiger partial charge in [-0.2, -0.15) is 0 Å². The molecule has 2 saturated heterocycles. The molecular weight excluding hydrogens is 466 g/mol. The monoisotopic (exact) mass is 491 g/mol. The minimum Gasteiger partial charge on any atom is -0.382 e. The first-order valence-electron chi connectivity index (χ1n) is 12.2. The number of aromatic nitrogens is 4. The lowest BCUT2D eigenvalue weighted by atomic mass is 9.87. The summed E-state index contributed by atoms with van der Waals surface area (Å²) in [4.78, 5) is 41.2. The van der Waals surface area contributed by atoms with Crippen LogP contribution < -0.4 is 11.1 Å². The van der Waals surface area contributed by atoms with Crippen molar-refractivity contribution in [3.63, 3.8) is 0 Å². The van der Waals surface area contributed by atoms with Crippen molar-refractivity contribution < 1.29 is 9.59 Å². The summed E-state index contributed by atoms with van der Waals surface area (Å²) in [5.41, 5.74) is 8.46. The van der Waals surface area contributed by atoms with E-state index >= 15 is 0 Å². The van der Waals surface area contributed by atoms with E-state index in [4.69, 9.17) is 10.7 Å². The third-order valence-corrected chi connectivity index (χ3v) is 7.39. The molecule has 0 unspecified atom stereocenters. The summed E-state index contributed by atoms with van der Waals surface area (Å²) in [5.74, 6) is 6.68. The highest BCUT2D eigenvalue weighted by molar-refractivity contribution is 6.04. The third-order valence-electron chi connectivity index (χ3n) is 7.39. The molecular formula is C28H25N7O2. The maximum Gasteiger partial charge on any atom is 0.299 e. The summed E-state index contributed by atoms with van der Waals surface area (Å²) < 4.78 is 1.96. The van der Waals surface area contributed by atoms with Gasteiger partial charge in [-0.15, -0.1) is 0 Å². The Balaban J connectivity index is 1.41. The van der Waals surface area contributed by atoms with Gasteiger partial charge in [0.05, 0.1) is 0 Å². The molecule has 2 aliphatic heterocycles. The molecule has 2 bridgehead atoms.